The summed E-state index contributed by atoms with van der Waals surface area (Å²) in [4.78, 5) is 13.8. The lowest BCUT2D eigenvalue weighted by Gasteiger charge is -2.30. The lowest BCUT2D eigenvalue weighted by Crippen LogP contribution is -2.44. The molecule has 0 spiro atoms. The number of nitrogens with one attached hydrogen (secondary N) is 1. The molecule has 3 N–H and O–H groups in total. The Morgan fingerprint density at radius 1 is 1.33 bits per heavy atom. The average Bonchev–Trinajstić information content (AvgIpc) is 2.33. The number of halogens is 1. The molecule has 1 aromatic carbocycles. The average molecular weight is 270 g/mol. The molecule has 0 aromatic heterocycles. The van der Waals surface area contributed by atoms with Crippen LogP contribution in [0, 0.1) is 6.92 Å². The van der Waals surface area contributed by atoms with Crippen molar-refractivity contribution in [1.82, 2.24) is 4.90 Å². The van der Waals surface area contributed by atoms with Crippen LogP contribution in [0.4, 0.5) is 10.5 Å². The highest BCUT2D eigenvalue weighted by molar-refractivity contribution is 5.90. The Bertz CT molecular complexity index is 403. The molecule has 0 saturated carbocycles. The number of urea groups is 1. The van der Waals surface area contributed by atoms with Crippen LogP contribution >= 0.6 is 12.4 Å². The third-order valence-corrected chi connectivity index (χ3v) is 3.21. The van der Waals surface area contributed by atoms with Crippen molar-refractivity contribution >= 4 is 24.1 Å². The van der Waals surface area contributed by atoms with Crippen molar-refractivity contribution in [3.05, 3.63) is 29.8 Å². The maximum atomic E-state index is 12.0. The van der Waals surface area contributed by atoms with Gasteiger partial charge in [-0.1, -0.05) is 18.2 Å². The lowest BCUT2D eigenvalue weighted by molar-refractivity contribution is 0.195. The van der Waals surface area contributed by atoms with E-state index in [1.165, 1.54) is 0 Å². The highest BCUT2D eigenvalue weighted by Gasteiger charge is 2.20. The van der Waals surface area contributed by atoms with Gasteiger partial charge < -0.3 is 16.0 Å². The minimum absolute atomic E-state index is 0. The zero-order chi connectivity index (χ0) is 12.3. The van der Waals surface area contributed by atoms with Gasteiger partial charge in [0, 0.05) is 24.8 Å². The molecule has 1 fully saturated rings. The Morgan fingerprint density at radius 3 is 2.56 bits per heavy atom. The van der Waals surface area contributed by atoms with Crippen molar-refractivity contribution in [2.45, 2.75) is 25.8 Å². The highest BCUT2D eigenvalue weighted by Crippen LogP contribution is 2.15. The van der Waals surface area contributed by atoms with E-state index in [2.05, 4.69) is 5.32 Å². The molecule has 0 bridgehead atoms. The van der Waals surface area contributed by atoms with E-state index in [9.17, 15) is 4.79 Å². The third kappa shape index (κ3) is 3.62. The summed E-state index contributed by atoms with van der Waals surface area (Å²) in [5.41, 5.74) is 7.78. The van der Waals surface area contributed by atoms with Gasteiger partial charge in [-0.2, -0.15) is 0 Å². The fraction of sp³-hybridized carbons (Fsp3) is 0.462. The van der Waals surface area contributed by atoms with Crippen LogP contribution in [-0.4, -0.2) is 30.1 Å². The molecule has 0 aliphatic carbocycles. The van der Waals surface area contributed by atoms with Gasteiger partial charge in [0.2, 0.25) is 0 Å². The van der Waals surface area contributed by atoms with Crippen molar-refractivity contribution < 1.29 is 4.79 Å². The summed E-state index contributed by atoms with van der Waals surface area (Å²) in [6.07, 6.45) is 1.78. The van der Waals surface area contributed by atoms with Crippen LogP contribution in [0.25, 0.3) is 0 Å². The number of rotatable bonds is 1. The number of benzene rings is 1. The molecule has 18 heavy (non-hydrogen) atoms. The van der Waals surface area contributed by atoms with Gasteiger partial charge in [0.1, 0.15) is 0 Å². The Morgan fingerprint density at radius 2 is 1.94 bits per heavy atom. The molecule has 2 rings (SSSR count). The topological polar surface area (TPSA) is 58.4 Å². The predicted octanol–water partition coefficient (Wildman–Crippen LogP) is 2.37. The Labute approximate surface area is 114 Å². The van der Waals surface area contributed by atoms with Gasteiger partial charge in [-0.05, 0) is 31.4 Å². The molecule has 1 aliphatic rings. The number of hydrogen-bond donors (Lipinski definition) is 2. The minimum atomic E-state index is -0.0220. The fourth-order valence-corrected chi connectivity index (χ4v) is 2.01. The second-order valence-corrected chi connectivity index (χ2v) is 4.57. The number of hydrogen-bond acceptors (Lipinski definition) is 2. The second-order valence-electron chi connectivity index (χ2n) is 4.57. The normalized spacial score (nSPS) is 16.0. The van der Waals surface area contributed by atoms with Crippen LogP contribution < -0.4 is 11.1 Å². The summed E-state index contributed by atoms with van der Waals surface area (Å²) in [6.45, 7) is 3.49. The van der Waals surface area contributed by atoms with E-state index >= 15 is 0 Å². The summed E-state index contributed by atoms with van der Waals surface area (Å²) < 4.78 is 0. The summed E-state index contributed by atoms with van der Waals surface area (Å²) in [6, 6.07) is 8.02. The Kier molecular flexibility index (Phi) is 5.44. The molecule has 1 saturated heterocycles. The van der Waals surface area contributed by atoms with Crippen molar-refractivity contribution in [3.8, 4) is 0 Å². The van der Waals surface area contributed by atoms with Gasteiger partial charge in [0.25, 0.3) is 0 Å². The number of para-hydroxylation sites is 1. The summed E-state index contributed by atoms with van der Waals surface area (Å²) in [5, 5.41) is 2.94. The van der Waals surface area contributed by atoms with E-state index in [0.29, 0.717) is 0 Å². The van der Waals surface area contributed by atoms with Gasteiger partial charge >= 0.3 is 6.03 Å². The first kappa shape index (κ1) is 14.8. The molecular weight excluding hydrogens is 250 g/mol. The van der Waals surface area contributed by atoms with Crippen LogP contribution in [-0.2, 0) is 0 Å². The Hall–Kier alpha value is -1.26. The fourth-order valence-electron chi connectivity index (χ4n) is 2.01. The SMILES string of the molecule is Cc1ccccc1NC(=O)N1CCC(N)CC1.Cl. The van der Waals surface area contributed by atoms with E-state index in [4.69, 9.17) is 5.73 Å². The molecule has 0 atom stereocenters. The molecule has 5 heteroatoms. The molecule has 1 heterocycles. The van der Waals surface area contributed by atoms with Gasteiger partial charge in [-0.25, -0.2) is 4.79 Å². The zero-order valence-corrected chi connectivity index (χ0v) is 11.4. The molecule has 0 radical (unpaired) electrons. The quantitative estimate of drug-likeness (QED) is 0.822. The number of amides is 2. The smallest absolute Gasteiger partial charge is 0.321 e. The van der Waals surface area contributed by atoms with Crippen LogP contribution in [0.5, 0.6) is 0 Å². The second kappa shape index (κ2) is 6.61. The molecule has 1 aromatic rings. The molecule has 100 valence electrons. The number of likely N-dealkylation sites (tertiary alicyclic amines) is 1. The first-order chi connectivity index (χ1) is 8.16. The van der Waals surface area contributed by atoms with Crippen LogP contribution in [0.15, 0.2) is 24.3 Å². The van der Waals surface area contributed by atoms with Gasteiger partial charge in [-0.15, -0.1) is 12.4 Å². The van der Waals surface area contributed by atoms with E-state index in [1.54, 1.807) is 0 Å². The standard InChI is InChI=1S/C13H19N3O.ClH/c1-10-4-2-3-5-12(10)15-13(17)16-8-6-11(14)7-9-16;/h2-5,11H,6-9,14H2,1H3,(H,15,17);1H. The van der Waals surface area contributed by atoms with Gasteiger partial charge in [0.05, 0.1) is 0 Å². The number of carbonyl (C=O) groups is 1. The number of anilines is 1. The summed E-state index contributed by atoms with van der Waals surface area (Å²) in [7, 11) is 0. The molecule has 2 amide bonds. The van der Waals surface area contributed by atoms with Crippen LogP contribution in [0.3, 0.4) is 0 Å². The third-order valence-electron chi connectivity index (χ3n) is 3.21. The number of nitrogens with two attached hydrogens (primary N) is 1. The largest absolute Gasteiger partial charge is 0.328 e. The highest BCUT2D eigenvalue weighted by atomic mass is 35.5. The monoisotopic (exact) mass is 269 g/mol. The van der Waals surface area contributed by atoms with Crippen LogP contribution in [0.2, 0.25) is 0 Å². The van der Waals surface area contributed by atoms with Gasteiger partial charge in [0.15, 0.2) is 0 Å². The number of aryl methyl sites for hydroxylation is 1. The van der Waals surface area contributed by atoms with E-state index < -0.39 is 0 Å². The van der Waals surface area contributed by atoms with E-state index in [1.807, 2.05) is 36.1 Å². The number of piperidine rings is 1. The number of nitrogens with zero attached hydrogens (tertiary/aromatic N) is 1. The van der Waals surface area contributed by atoms with Crippen molar-refractivity contribution in [3.63, 3.8) is 0 Å². The van der Waals surface area contributed by atoms with Crippen molar-refractivity contribution in [2.75, 3.05) is 18.4 Å². The maximum Gasteiger partial charge on any atom is 0.321 e. The van der Waals surface area contributed by atoms with Crippen LogP contribution in [0.1, 0.15) is 18.4 Å². The molecule has 0 unspecified atom stereocenters. The van der Waals surface area contributed by atoms with E-state index in [-0.39, 0.29) is 24.5 Å². The number of carbonyl (C=O) groups excluding carboxylic acids is 1. The molecule has 1 aliphatic heterocycles. The van der Waals surface area contributed by atoms with Crippen molar-refractivity contribution in [2.24, 2.45) is 5.73 Å². The first-order valence-corrected chi connectivity index (χ1v) is 6.04. The first-order valence-electron chi connectivity index (χ1n) is 6.04. The maximum absolute atomic E-state index is 12.0. The minimum Gasteiger partial charge on any atom is -0.328 e. The summed E-state index contributed by atoms with van der Waals surface area (Å²) in [5.74, 6) is 0. The molecule has 4 nitrogen and oxygen atoms in total. The summed E-state index contributed by atoms with van der Waals surface area (Å²) >= 11 is 0. The lowest BCUT2D eigenvalue weighted by atomic mass is 10.1. The molecular formula is C13H20ClN3O. The zero-order valence-electron chi connectivity index (χ0n) is 10.6. The van der Waals surface area contributed by atoms with Crippen molar-refractivity contribution in [1.29, 1.82) is 0 Å². The van der Waals surface area contributed by atoms with Gasteiger partial charge in [-0.3, -0.25) is 0 Å². The Balaban J connectivity index is 0.00000162. The predicted molar refractivity (Wildman–Crippen MR) is 76.2 cm³/mol. The van der Waals surface area contributed by atoms with E-state index in [0.717, 1.165) is 37.2 Å².